The van der Waals surface area contributed by atoms with E-state index < -0.39 is 5.82 Å². The van der Waals surface area contributed by atoms with Gasteiger partial charge < -0.3 is 4.74 Å². The highest BCUT2D eigenvalue weighted by Crippen LogP contribution is 2.31. The fourth-order valence-corrected chi connectivity index (χ4v) is 1.86. The van der Waals surface area contributed by atoms with Crippen molar-refractivity contribution in [3.63, 3.8) is 0 Å². The molecule has 92 valence electrons. The van der Waals surface area contributed by atoms with Crippen molar-refractivity contribution >= 4 is 22.2 Å². The predicted molar refractivity (Wildman–Crippen MR) is 70.7 cm³/mol. The van der Waals surface area contributed by atoms with E-state index in [2.05, 4.69) is 15.9 Å². The van der Waals surface area contributed by atoms with E-state index in [9.17, 15) is 9.18 Å². The van der Waals surface area contributed by atoms with Gasteiger partial charge in [0.1, 0.15) is 5.75 Å². The van der Waals surface area contributed by atoms with Gasteiger partial charge in [-0.15, -0.1) is 0 Å². The van der Waals surface area contributed by atoms with Crippen LogP contribution in [0.4, 0.5) is 4.39 Å². The number of rotatable bonds is 3. The van der Waals surface area contributed by atoms with E-state index in [1.807, 2.05) is 19.1 Å². The largest absolute Gasteiger partial charge is 0.453 e. The fourth-order valence-electron chi connectivity index (χ4n) is 1.52. The van der Waals surface area contributed by atoms with Crippen LogP contribution >= 0.6 is 15.9 Å². The summed E-state index contributed by atoms with van der Waals surface area (Å²) < 4.78 is 20.0. The van der Waals surface area contributed by atoms with Crippen LogP contribution < -0.4 is 4.74 Å². The summed E-state index contributed by atoms with van der Waals surface area (Å²) in [6.07, 6.45) is 0.575. The van der Waals surface area contributed by atoms with Gasteiger partial charge in [-0.25, -0.2) is 4.39 Å². The number of aldehydes is 1. The summed E-state index contributed by atoms with van der Waals surface area (Å²) in [5, 5.41) is 0. The molecule has 0 spiro atoms. The van der Waals surface area contributed by atoms with Gasteiger partial charge in [0.25, 0.3) is 0 Å². The highest BCUT2D eigenvalue weighted by Gasteiger charge is 2.11. The maximum Gasteiger partial charge on any atom is 0.173 e. The van der Waals surface area contributed by atoms with Crippen LogP contribution in [-0.4, -0.2) is 6.29 Å². The molecule has 0 aliphatic heterocycles. The molecular weight excluding hydrogens is 299 g/mol. The molecule has 2 aromatic carbocycles. The predicted octanol–water partition coefficient (Wildman–Crippen LogP) is 4.50. The maximum atomic E-state index is 13.7. The van der Waals surface area contributed by atoms with Crippen LogP contribution in [0.1, 0.15) is 15.9 Å². The van der Waals surface area contributed by atoms with Gasteiger partial charge in [-0.3, -0.25) is 4.79 Å². The Kier molecular flexibility index (Phi) is 3.77. The van der Waals surface area contributed by atoms with Gasteiger partial charge in [0.05, 0.1) is 5.56 Å². The summed E-state index contributed by atoms with van der Waals surface area (Å²) in [6, 6.07) is 9.69. The van der Waals surface area contributed by atoms with Gasteiger partial charge in [-0.05, 0) is 36.8 Å². The number of halogens is 2. The van der Waals surface area contributed by atoms with E-state index in [0.717, 1.165) is 10.0 Å². The Labute approximate surface area is 113 Å². The van der Waals surface area contributed by atoms with Crippen LogP contribution in [0.15, 0.2) is 40.9 Å². The van der Waals surface area contributed by atoms with Crippen LogP contribution in [-0.2, 0) is 0 Å². The van der Waals surface area contributed by atoms with E-state index >= 15 is 0 Å². The molecule has 0 unspecified atom stereocenters. The fraction of sp³-hybridized carbons (Fsp3) is 0.0714. The lowest BCUT2D eigenvalue weighted by Gasteiger charge is -2.11. The Bertz CT molecular complexity index is 596. The standard InChI is InChI=1S/C14H10BrFO2/c1-9-5-6-11(15)7-13(9)18-14-10(8-17)3-2-4-12(14)16/h2-8H,1H3. The quantitative estimate of drug-likeness (QED) is 0.780. The van der Waals surface area contributed by atoms with E-state index in [0.29, 0.717) is 12.0 Å². The van der Waals surface area contributed by atoms with Crippen molar-refractivity contribution in [2.45, 2.75) is 6.92 Å². The summed E-state index contributed by atoms with van der Waals surface area (Å²) in [7, 11) is 0. The molecule has 0 saturated heterocycles. The molecule has 2 rings (SSSR count). The van der Waals surface area contributed by atoms with Gasteiger partial charge in [0.15, 0.2) is 17.9 Å². The zero-order chi connectivity index (χ0) is 13.1. The number of ether oxygens (including phenoxy) is 1. The molecule has 0 saturated carbocycles. The molecule has 0 amide bonds. The Morgan fingerprint density at radius 1 is 1.28 bits per heavy atom. The minimum Gasteiger partial charge on any atom is -0.453 e. The zero-order valence-corrected chi connectivity index (χ0v) is 11.2. The molecule has 2 aromatic rings. The lowest BCUT2D eigenvalue weighted by Crippen LogP contribution is -1.95. The van der Waals surface area contributed by atoms with Crippen molar-refractivity contribution in [3.05, 3.63) is 57.8 Å². The molecule has 0 atom stereocenters. The second kappa shape index (κ2) is 5.31. The van der Waals surface area contributed by atoms with Gasteiger partial charge >= 0.3 is 0 Å². The van der Waals surface area contributed by atoms with Crippen molar-refractivity contribution in [1.29, 1.82) is 0 Å². The second-order valence-corrected chi connectivity index (χ2v) is 4.70. The molecule has 2 nitrogen and oxygen atoms in total. The third kappa shape index (κ3) is 2.59. The average molecular weight is 309 g/mol. The Morgan fingerprint density at radius 3 is 2.78 bits per heavy atom. The first-order chi connectivity index (χ1) is 8.61. The Morgan fingerprint density at radius 2 is 2.06 bits per heavy atom. The summed E-state index contributed by atoms with van der Waals surface area (Å²) in [4.78, 5) is 10.9. The Hall–Kier alpha value is -1.68. The maximum absolute atomic E-state index is 13.7. The second-order valence-electron chi connectivity index (χ2n) is 3.79. The van der Waals surface area contributed by atoms with Crippen molar-refractivity contribution in [1.82, 2.24) is 0 Å². The van der Waals surface area contributed by atoms with Crippen molar-refractivity contribution in [2.24, 2.45) is 0 Å². The Balaban J connectivity index is 2.45. The summed E-state index contributed by atoms with van der Waals surface area (Å²) in [5.74, 6) is -0.0924. The molecule has 0 heterocycles. The molecule has 0 aromatic heterocycles. The van der Waals surface area contributed by atoms with Gasteiger partial charge in [-0.1, -0.05) is 28.1 Å². The molecule has 0 aliphatic rings. The molecule has 0 N–H and O–H groups in total. The van der Waals surface area contributed by atoms with Gasteiger partial charge in [0, 0.05) is 4.47 Å². The molecular formula is C14H10BrFO2. The van der Waals surface area contributed by atoms with Crippen LogP contribution in [0.2, 0.25) is 0 Å². The highest BCUT2D eigenvalue weighted by atomic mass is 79.9. The van der Waals surface area contributed by atoms with E-state index in [-0.39, 0.29) is 11.3 Å². The molecule has 0 fully saturated rings. The smallest absolute Gasteiger partial charge is 0.173 e. The first kappa shape index (κ1) is 12.8. The first-order valence-electron chi connectivity index (χ1n) is 5.29. The van der Waals surface area contributed by atoms with Crippen LogP contribution in [0, 0.1) is 12.7 Å². The zero-order valence-electron chi connectivity index (χ0n) is 9.61. The topological polar surface area (TPSA) is 26.3 Å². The molecule has 4 heteroatoms. The average Bonchev–Trinajstić information content (AvgIpc) is 2.36. The first-order valence-corrected chi connectivity index (χ1v) is 6.09. The molecule has 0 aliphatic carbocycles. The molecule has 0 bridgehead atoms. The van der Waals surface area contributed by atoms with Crippen molar-refractivity contribution < 1.29 is 13.9 Å². The monoisotopic (exact) mass is 308 g/mol. The third-order valence-corrected chi connectivity index (χ3v) is 2.98. The molecule has 18 heavy (non-hydrogen) atoms. The molecule has 0 radical (unpaired) electrons. The number of hydrogen-bond donors (Lipinski definition) is 0. The third-order valence-electron chi connectivity index (χ3n) is 2.49. The number of carbonyl (C=O) groups is 1. The van der Waals surface area contributed by atoms with Crippen molar-refractivity contribution in [3.8, 4) is 11.5 Å². The number of benzene rings is 2. The van der Waals surface area contributed by atoms with Crippen LogP contribution in [0.25, 0.3) is 0 Å². The highest BCUT2D eigenvalue weighted by molar-refractivity contribution is 9.10. The number of para-hydroxylation sites is 1. The van der Waals surface area contributed by atoms with E-state index in [4.69, 9.17) is 4.74 Å². The van der Waals surface area contributed by atoms with E-state index in [1.54, 1.807) is 6.07 Å². The lowest BCUT2D eigenvalue weighted by atomic mass is 10.2. The minimum atomic E-state index is -0.557. The SMILES string of the molecule is Cc1ccc(Br)cc1Oc1c(F)cccc1C=O. The van der Waals surface area contributed by atoms with E-state index in [1.165, 1.54) is 18.2 Å². The van der Waals surface area contributed by atoms with Crippen LogP contribution in [0.5, 0.6) is 11.5 Å². The minimum absolute atomic E-state index is 0.0475. The number of carbonyl (C=O) groups excluding carboxylic acids is 1. The summed E-state index contributed by atoms with van der Waals surface area (Å²) in [5.41, 5.74) is 1.05. The van der Waals surface area contributed by atoms with Crippen molar-refractivity contribution in [2.75, 3.05) is 0 Å². The summed E-state index contributed by atoms with van der Waals surface area (Å²) >= 11 is 3.32. The van der Waals surface area contributed by atoms with Gasteiger partial charge in [0.2, 0.25) is 0 Å². The van der Waals surface area contributed by atoms with Gasteiger partial charge in [-0.2, -0.15) is 0 Å². The lowest BCUT2D eigenvalue weighted by molar-refractivity contribution is 0.112. The normalized spacial score (nSPS) is 10.2. The summed E-state index contributed by atoms with van der Waals surface area (Å²) in [6.45, 7) is 1.85. The van der Waals surface area contributed by atoms with Crippen LogP contribution in [0.3, 0.4) is 0 Å². The number of hydrogen-bond acceptors (Lipinski definition) is 2. The number of aryl methyl sites for hydroxylation is 1.